The third-order valence-electron chi connectivity index (χ3n) is 4.66. The number of rotatable bonds is 8. The molecular weight excluding hydrogens is 361 g/mol. The summed E-state index contributed by atoms with van der Waals surface area (Å²) in [6.45, 7) is 2.64. The molecule has 1 saturated carbocycles. The van der Waals surface area contributed by atoms with Crippen molar-refractivity contribution in [3.05, 3.63) is 65.0 Å². The number of hydrogen-bond acceptors (Lipinski definition) is 3. The molecule has 28 heavy (non-hydrogen) atoms. The third kappa shape index (κ3) is 5.45. The Morgan fingerprint density at radius 2 is 1.93 bits per heavy atom. The van der Waals surface area contributed by atoms with Gasteiger partial charge in [-0.1, -0.05) is 18.2 Å². The van der Waals surface area contributed by atoms with Gasteiger partial charge in [0.2, 0.25) is 0 Å². The highest BCUT2D eigenvalue weighted by Crippen LogP contribution is 2.30. The van der Waals surface area contributed by atoms with Gasteiger partial charge in [0, 0.05) is 12.1 Å². The van der Waals surface area contributed by atoms with Crippen LogP contribution >= 0.6 is 0 Å². The van der Waals surface area contributed by atoms with E-state index in [0.29, 0.717) is 30.2 Å². The van der Waals surface area contributed by atoms with Crippen LogP contribution in [0.2, 0.25) is 0 Å². The minimum Gasteiger partial charge on any atom is -0.490 e. The summed E-state index contributed by atoms with van der Waals surface area (Å²) >= 11 is 0. The Bertz CT molecular complexity index is 850. The lowest BCUT2D eigenvalue weighted by Crippen LogP contribution is -2.29. The van der Waals surface area contributed by atoms with Crippen molar-refractivity contribution in [3.63, 3.8) is 0 Å². The van der Waals surface area contributed by atoms with E-state index >= 15 is 0 Å². The molecule has 2 aromatic carbocycles. The van der Waals surface area contributed by atoms with Gasteiger partial charge < -0.3 is 21.1 Å². The molecule has 1 aliphatic rings. The smallest absolute Gasteiger partial charge is 0.312 e. The maximum absolute atomic E-state index is 14.2. The van der Waals surface area contributed by atoms with Crippen LogP contribution in [0.5, 0.6) is 5.75 Å². The first-order valence-electron chi connectivity index (χ1n) is 9.27. The summed E-state index contributed by atoms with van der Waals surface area (Å²) in [6.07, 6.45) is 2.29. The Morgan fingerprint density at radius 3 is 2.54 bits per heavy atom. The fourth-order valence-corrected chi connectivity index (χ4v) is 2.72. The lowest BCUT2D eigenvalue weighted by Gasteiger charge is -2.16. The molecule has 148 valence electrons. The quantitative estimate of drug-likeness (QED) is 0.651. The van der Waals surface area contributed by atoms with Gasteiger partial charge in [-0.05, 0) is 61.1 Å². The number of benzene rings is 2. The highest BCUT2D eigenvalue weighted by Gasteiger charge is 2.22. The predicted molar refractivity (Wildman–Crippen MR) is 103 cm³/mol. The molecule has 0 aromatic heterocycles. The molecule has 1 fully saturated rings. The molecule has 1 atom stereocenters. The van der Waals surface area contributed by atoms with Crippen LogP contribution in [0.3, 0.4) is 0 Å². The standard InChI is InChI=1S/C21H24FN3O3/c1-13(17-8-9-19(18(22)10-17)28-12-15-2-3-15)25-20(26)16-6-4-14(5-7-16)11-24-21(23)27/h4-10,13,15H,2-3,11-12H2,1H3,(H,25,26)(H3,23,24,27). The van der Waals surface area contributed by atoms with E-state index in [1.807, 2.05) is 0 Å². The largest absolute Gasteiger partial charge is 0.490 e. The van der Waals surface area contributed by atoms with E-state index in [1.54, 1.807) is 43.3 Å². The summed E-state index contributed by atoms with van der Waals surface area (Å²) in [6, 6.07) is 10.6. The summed E-state index contributed by atoms with van der Waals surface area (Å²) in [7, 11) is 0. The summed E-state index contributed by atoms with van der Waals surface area (Å²) in [5.74, 6) is 0.103. The molecule has 0 heterocycles. The zero-order valence-corrected chi connectivity index (χ0v) is 15.7. The summed E-state index contributed by atoms with van der Waals surface area (Å²) < 4.78 is 19.7. The zero-order chi connectivity index (χ0) is 20.1. The Balaban J connectivity index is 1.57. The molecule has 0 aliphatic heterocycles. The number of hydrogen-bond donors (Lipinski definition) is 3. The Hall–Kier alpha value is -3.09. The van der Waals surface area contributed by atoms with E-state index in [0.717, 1.165) is 18.4 Å². The highest BCUT2D eigenvalue weighted by atomic mass is 19.1. The number of carbonyl (C=O) groups excluding carboxylic acids is 2. The molecule has 4 N–H and O–H groups in total. The van der Waals surface area contributed by atoms with Crippen LogP contribution in [0.1, 0.15) is 47.3 Å². The Kier molecular flexibility index (Phi) is 6.13. The van der Waals surface area contributed by atoms with Crippen LogP contribution in [0, 0.1) is 11.7 Å². The zero-order valence-electron chi connectivity index (χ0n) is 15.7. The molecule has 7 heteroatoms. The van der Waals surface area contributed by atoms with E-state index < -0.39 is 11.8 Å². The molecule has 2 aromatic rings. The SMILES string of the molecule is CC(NC(=O)c1ccc(CNC(N)=O)cc1)c1ccc(OCC2CC2)c(F)c1. The van der Waals surface area contributed by atoms with E-state index in [2.05, 4.69) is 10.6 Å². The van der Waals surface area contributed by atoms with E-state index in [-0.39, 0.29) is 17.7 Å². The van der Waals surface area contributed by atoms with Gasteiger partial charge in [-0.15, -0.1) is 0 Å². The first-order chi connectivity index (χ1) is 13.4. The van der Waals surface area contributed by atoms with Crippen LogP contribution in [-0.4, -0.2) is 18.5 Å². The van der Waals surface area contributed by atoms with Gasteiger partial charge in [0.1, 0.15) is 0 Å². The van der Waals surface area contributed by atoms with Gasteiger partial charge >= 0.3 is 6.03 Å². The number of amides is 3. The van der Waals surface area contributed by atoms with Gasteiger partial charge in [-0.2, -0.15) is 0 Å². The van der Waals surface area contributed by atoms with Crippen molar-refractivity contribution in [1.29, 1.82) is 0 Å². The lowest BCUT2D eigenvalue weighted by atomic mass is 10.1. The number of primary amides is 1. The maximum Gasteiger partial charge on any atom is 0.312 e. The van der Waals surface area contributed by atoms with Gasteiger partial charge in [0.15, 0.2) is 11.6 Å². The fraction of sp³-hybridized carbons (Fsp3) is 0.333. The second-order valence-electron chi connectivity index (χ2n) is 7.05. The normalized spacial score (nSPS) is 14.2. The summed E-state index contributed by atoms with van der Waals surface area (Å²) in [5.41, 5.74) is 6.99. The number of carbonyl (C=O) groups is 2. The number of nitrogens with two attached hydrogens (primary N) is 1. The molecule has 6 nitrogen and oxygen atoms in total. The second-order valence-corrected chi connectivity index (χ2v) is 7.05. The van der Waals surface area contributed by atoms with Crippen LogP contribution in [-0.2, 0) is 6.54 Å². The Labute approximate surface area is 163 Å². The number of urea groups is 1. The van der Waals surface area contributed by atoms with E-state index in [9.17, 15) is 14.0 Å². The summed E-state index contributed by atoms with van der Waals surface area (Å²) in [4.78, 5) is 23.2. The van der Waals surface area contributed by atoms with Crippen molar-refractivity contribution in [2.24, 2.45) is 11.7 Å². The molecule has 0 saturated heterocycles. The average molecular weight is 385 g/mol. The van der Waals surface area contributed by atoms with Crippen molar-refractivity contribution >= 4 is 11.9 Å². The molecule has 0 bridgehead atoms. The summed E-state index contributed by atoms with van der Waals surface area (Å²) in [5, 5.41) is 5.34. The number of ether oxygens (including phenoxy) is 1. The predicted octanol–water partition coefficient (Wildman–Crippen LogP) is 3.27. The van der Waals surface area contributed by atoms with Gasteiger partial charge in [-0.3, -0.25) is 4.79 Å². The first kappa shape index (κ1) is 19.7. The van der Waals surface area contributed by atoms with Crippen LogP contribution in [0.25, 0.3) is 0 Å². The Morgan fingerprint density at radius 1 is 1.21 bits per heavy atom. The van der Waals surface area contributed by atoms with Crippen LogP contribution in [0.15, 0.2) is 42.5 Å². The average Bonchev–Trinajstić information content (AvgIpc) is 3.50. The lowest BCUT2D eigenvalue weighted by molar-refractivity contribution is 0.0939. The molecule has 0 spiro atoms. The van der Waals surface area contributed by atoms with Crippen molar-refractivity contribution in [2.45, 2.75) is 32.4 Å². The topological polar surface area (TPSA) is 93.5 Å². The minimum absolute atomic E-state index is 0.245. The highest BCUT2D eigenvalue weighted by molar-refractivity contribution is 5.94. The van der Waals surface area contributed by atoms with Gasteiger partial charge in [0.25, 0.3) is 5.91 Å². The maximum atomic E-state index is 14.2. The number of nitrogens with one attached hydrogen (secondary N) is 2. The van der Waals surface area contributed by atoms with E-state index in [4.69, 9.17) is 10.5 Å². The van der Waals surface area contributed by atoms with Crippen molar-refractivity contribution < 1.29 is 18.7 Å². The first-order valence-corrected chi connectivity index (χ1v) is 9.27. The second kappa shape index (κ2) is 8.73. The number of halogens is 1. The van der Waals surface area contributed by atoms with Crippen LogP contribution in [0.4, 0.5) is 9.18 Å². The fourth-order valence-electron chi connectivity index (χ4n) is 2.72. The van der Waals surface area contributed by atoms with Crippen molar-refractivity contribution in [2.75, 3.05) is 6.61 Å². The third-order valence-corrected chi connectivity index (χ3v) is 4.66. The minimum atomic E-state index is -0.605. The molecule has 1 aliphatic carbocycles. The van der Waals surface area contributed by atoms with Crippen molar-refractivity contribution in [1.82, 2.24) is 10.6 Å². The molecule has 3 amide bonds. The van der Waals surface area contributed by atoms with E-state index in [1.165, 1.54) is 6.07 Å². The molecule has 0 radical (unpaired) electrons. The molecule has 1 unspecified atom stereocenters. The van der Waals surface area contributed by atoms with Gasteiger partial charge in [-0.25, -0.2) is 9.18 Å². The van der Waals surface area contributed by atoms with Crippen molar-refractivity contribution in [3.8, 4) is 5.75 Å². The monoisotopic (exact) mass is 385 g/mol. The van der Waals surface area contributed by atoms with Crippen LogP contribution < -0.4 is 21.1 Å². The molecular formula is C21H24FN3O3. The molecule has 3 rings (SSSR count). The van der Waals surface area contributed by atoms with Gasteiger partial charge in [0.05, 0.1) is 12.6 Å².